The summed E-state index contributed by atoms with van der Waals surface area (Å²) in [4.78, 5) is 39.7. The molecule has 9 heteroatoms. The molecule has 0 saturated heterocycles. The Bertz CT molecular complexity index is 855. The first-order chi connectivity index (χ1) is 15.1. The van der Waals surface area contributed by atoms with E-state index >= 15 is 0 Å². The highest BCUT2D eigenvalue weighted by Gasteiger charge is 2.23. The highest BCUT2D eigenvalue weighted by Crippen LogP contribution is 2.19. The van der Waals surface area contributed by atoms with E-state index in [-0.39, 0.29) is 12.1 Å². The van der Waals surface area contributed by atoms with Crippen LogP contribution in [0.25, 0.3) is 0 Å². The van der Waals surface area contributed by atoms with Crippen molar-refractivity contribution in [3.05, 3.63) is 60.2 Å². The van der Waals surface area contributed by atoms with Crippen molar-refractivity contribution in [2.24, 2.45) is 0 Å². The number of carbonyl (C=O) groups excluding carboxylic acids is 3. The summed E-state index contributed by atoms with van der Waals surface area (Å²) in [5, 5.41) is 0. The molecule has 32 heavy (non-hydrogen) atoms. The fraction of sp³-hybridized carbons (Fsp3) is 0.348. The molecule has 2 aromatic carbocycles. The Labute approximate surface area is 185 Å². The monoisotopic (exact) mass is 448 g/mol. The van der Waals surface area contributed by atoms with Crippen LogP contribution >= 0.6 is 0 Å². The van der Waals surface area contributed by atoms with Crippen LogP contribution in [0.1, 0.15) is 27.7 Å². The highest BCUT2D eigenvalue weighted by atomic mass is 19.1. The molecule has 0 aliphatic heterocycles. The number of benzene rings is 2. The summed E-state index contributed by atoms with van der Waals surface area (Å²) in [5.41, 5.74) is 0.899. The zero-order valence-electron chi connectivity index (χ0n) is 18.4. The lowest BCUT2D eigenvalue weighted by atomic mass is 10.2. The maximum Gasteiger partial charge on any atom is 0.509 e. The van der Waals surface area contributed by atoms with Crippen molar-refractivity contribution in [2.75, 3.05) is 23.0 Å². The summed E-state index contributed by atoms with van der Waals surface area (Å²) in [6.45, 7) is 5.80. The molecule has 2 amide bonds. The summed E-state index contributed by atoms with van der Waals surface area (Å²) in [5.74, 6) is -1.95. The van der Waals surface area contributed by atoms with Gasteiger partial charge < -0.3 is 19.3 Å². The Kier molecular flexibility index (Phi) is 8.69. The van der Waals surface area contributed by atoms with Crippen LogP contribution < -0.4 is 9.80 Å². The smallest absolute Gasteiger partial charge is 0.424 e. The predicted octanol–water partition coefficient (Wildman–Crippen LogP) is 4.30. The van der Waals surface area contributed by atoms with Gasteiger partial charge in [-0.1, -0.05) is 0 Å². The van der Waals surface area contributed by atoms with Gasteiger partial charge in [-0.3, -0.25) is 9.59 Å². The van der Waals surface area contributed by atoms with Crippen molar-refractivity contribution in [2.45, 2.75) is 39.8 Å². The van der Waals surface area contributed by atoms with E-state index in [0.29, 0.717) is 11.4 Å². The van der Waals surface area contributed by atoms with Crippen molar-refractivity contribution in [1.82, 2.24) is 0 Å². The number of carbonyl (C=O) groups is 3. The normalized spacial score (nSPS) is 10.8. The van der Waals surface area contributed by atoms with Gasteiger partial charge in [0.15, 0.2) is 13.2 Å². The average Bonchev–Trinajstić information content (AvgIpc) is 2.73. The van der Waals surface area contributed by atoms with Crippen molar-refractivity contribution < 1.29 is 32.6 Å². The van der Waals surface area contributed by atoms with Crippen LogP contribution in [0.4, 0.5) is 25.0 Å². The van der Waals surface area contributed by atoms with Gasteiger partial charge in [0.05, 0.1) is 0 Å². The van der Waals surface area contributed by atoms with Crippen LogP contribution in [-0.2, 0) is 19.1 Å². The summed E-state index contributed by atoms with van der Waals surface area (Å²) >= 11 is 0. The maximum absolute atomic E-state index is 13.2. The quantitative estimate of drug-likeness (QED) is 0.563. The van der Waals surface area contributed by atoms with Gasteiger partial charge in [-0.2, -0.15) is 0 Å². The molecule has 0 N–H and O–H groups in total. The topological polar surface area (TPSA) is 76.1 Å². The minimum Gasteiger partial charge on any atom is -0.424 e. The Hall–Kier alpha value is -3.49. The van der Waals surface area contributed by atoms with E-state index < -0.39 is 42.8 Å². The molecule has 7 nitrogen and oxygen atoms in total. The van der Waals surface area contributed by atoms with Gasteiger partial charge in [0.2, 0.25) is 0 Å². The second kappa shape index (κ2) is 11.2. The van der Waals surface area contributed by atoms with E-state index in [9.17, 15) is 23.2 Å². The molecule has 0 radical (unpaired) electrons. The minimum absolute atomic E-state index is 0.274. The molecule has 0 aromatic heterocycles. The first-order valence-corrected chi connectivity index (χ1v) is 10.0. The molecule has 0 saturated carbocycles. The molecule has 0 unspecified atom stereocenters. The van der Waals surface area contributed by atoms with Gasteiger partial charge in [0, 0.05) is 23.5 Å². The lowest BCUT2D eigenvalue weighted by Gasteiger charge is -2.27. The van der Waals surface area contributed by atoms with Crippen LogP contribution in [0.15, 0.2) is 48.5 Å². The third-order valence-corrected chi connectivity index (χ3v) is 4.41. The van der Waals surface area contributed by atoms with Gasteiger partial charge in [0.25, 0.3) is 11.8 Å². The lowest BCUT2D eigenvalue weighted by Crippen LogP contribution is -2.41. The Morgan fingerprint density at radius 2 is 1.00 bits per heavy atom. The Morgan fingerprint density at radius 1 is 0.688 bits per heavy atom. The number of halogens is 2. The lowest BCUT2D eigenvalue weighted by molar-refractivity contribution is -0.124. The number of hydrogen-bond donors (Lipinski definition) is 0. The Morgan fingerprint density at radius 3 is 1.28 bits per heavy atom. The van der Waals surface area contributed by atoms with E-state index in [4.69, 9.17) is 9.47 Å². The van der Waals surface area contributed by atoms with Crippen molar-refractivity contribution in [1.29, 1.82) is 0 Å². The van der Waals surface area contributed by atoms with Gasteiger partial charge in [0.1, 0.15) is 11.6 Å². The summed E-state index contributed by atoms with van der Waals surface area (Å²) < 4.78 is 36.0. The number of amides is 2. The van der Waals surface area contributed by atoms with Crippen LogP contribution in [0.3, 0.4) is 0 Å². The number of nitrogens with zero attached hydrogens (tertiary/aromatic N) is 2. The molecule has 172 valence electrons. The van der Waals surface area contributed by atoms with Crippen LogP contribution in [0.2, 0.25) is 0 Å². The largest absolute Gasteiger partial charge is 0.509 e. The fourth-order valence-corrected chi connectivity index (χ4v) is 3.09. The molecule has 0 spiro atoms. The first kappa shape index (κ1) is 24.8. The number of anilines is 2. The summed E-state index contributed by atoms with van der Waals surface area (Å²) in [6.07, 6.45) is -1.18. The fourth-order valence-electron chi connectivity index (χ4n) is 3.09. The molecule has 2 rings (SSSR count). The third kappa shape index (κ3) is 6.76. The standard InChI is InChI=1S/C23H26F2N2O5/c1-15(2)26(19-9-5-17(24)6-10-19)21(28)13-31-23(30)32-14-22(29)27(16(3)4)20-11-7-18(25)8-12-20/h5-12,15-16H,13-14H2,1-4H3. The summed E-state index contributed by atoms with van der Waals surface area (Å²) in [7, 11) is 0. The second-order valence-corrected chi connectivity index (χ2v) is 7.50. The molecule has 0 bridgehead atoms. The van der Waals surface area contributed by atoms with E-state index in [1.165, 1.54) is 58.3 Å². The zero-order valence-corrected chi connectivity index (χ0v) is 18.4. The van der Waals surface area contributed by atoms with Crippen LogP contribution in [0.5, 0.6) is 0 Å². The number of hydrogen-bond acceptors (Lipinski definition) is 5. The number of rotatable bonds is 8. The van der Waals surface area contributed by atoms with Crippen molar-refractivity contribution >= 4 is 29.3 Å². The van der Waals surface area contributed by atoms with Gasteiger partial charge in [-0.05, 0) is 76.2 Å². The first-order valence-electron chi connectivity index (χ1n) is 10.0. The molecule has 0 fully saturated rings. The molecule has 0 aliphatic rings. The molecule has 2 aromatic rings. The molecular weight excluding hydrogens is 422 g/mol. The highest BCUT2D eigenvalue weighted by molar-refractivity contribution is 5.96. The van der Waals surface area contributed by atoms with E-state index in [2.05, 4.69) is 0 Å². The minimum atomic E-state index is -1.18. The van der Waals surface area contributed by atoms with Crippen LogP contribution in [0, 0.1) is 11.6 Å². The second-order valence-electron chi connectivity index (χ2n) is 7.50. The van der Waals surface area contributed by atoms with Gasteiger partial charge in [-0.25, -0.2) is 13.6 Å². The SMILES string of the molecule is CC(C)N(C(=O)COC(=O)OCC(=O)N(c1ccc(F)cc1)C(C)C)c1ccc(F)cc1. The average molecular weight is 448 g/mol. The van der Waals surface area contributed by atoms with Crippen molar-refractivity contribution in [3.63, 3.8) is 0 Å². The third-order valence-electron chi connectivity index (χ3n) is 4.41. The maximum atomic E-state index is 13.2. The van der Waals surface area contributed by atoms with Gasteiger partial charge in [-0.15, -0.1) is 0 Å². The molecular formula is C23H26F2N2O5. The van der Waals surface area contributed by atoms with E-state index in [0.717, 1.165) is 0 Å². The molecule has 0 aliphatic carbocycles. The summed E-state index contributed by atoms with van der Waals surface area (Å²) in [6, 6.07) is 10.1. The predicted molar refractivity (Wildman–Crippen MR) is 115 cm³/mol. The molecule has 0 atom stereocenters. The van der Waals surface area contributed by atoms with E-state index in [1.54, 1.807) is 27.7 Å². The Balaban J connectivity index is 1.92. The van der Waals surface area contributed by atoms with Crippen molar-refractivity contribution in [3.8, 4) is 0 Å². The van der Waals surface area contributed by atoms with Gasteiger partial charge >= 0.3 is 6.16 Å². The van der Waals surface area contributed by atoms with E-state index in [1.807, 2.05) is 0 Å². The van der Waals surface area contributed by atoms with Crippen LogP contribution in [-0.4, -0.2) is 43.3 Å². The zero-order chi connectivity index (χ0) is 23.8. The molecule has 0 heterocycles. The number of ether oxygens (including phenoxy) is 2.